The lowest BCUT2D eigenvalue weighted by atomic mass is 10.1. The van der Waals surface area contributed by atoms with Gasteiger partial charge in [-0.3, -0.25) is 4.79 Å². The average Bonchev–Trinajstić information content (AvgIpc) is 2.46. The van der Waals surface area contributed by atoms with E-state index in [4.69, 9.17) is 4.74 Å². The van der Waals surface area contributed by atoms with Gasteiger partial charge in [0.25, 0.3) is 5.91 Å². The highest BCUT2D eigenvalue weighted by molar-refractivity contribution is 6.02. The smallest absolute Gasteiger partial charge is 0.257 e. The fourth-order valence-electron chi connectivity index (χ4n) is 1.61. The summed E-state index contributed by atoms with van der Waals surface area (Å²) in [4.78, 5) is 11.2. The van der Waals surface area contributed by atoms with E-state index in [1.165, 1.54) is 0 Å². The number of methoxy groups -OCH3 is 1. The summed E-state index contributed by atoms with van der Waals surface area (Å²) in [7, 11) is 1.59. The van der Waals surface area contributed by atoms with Crippen LogP contribution in [0, 0.1) is 0 Å². The SMILES string of the molecule is COCc1cccc2c1NC(=O)C2O. The van der Waals surface area contributed by atoms with Gasteiger partial charge in [0.15, 0.2) is 6.10 Å². The van der Waals surface area contributed by atoms with Gasteiger partial charge in [0.2, 0.25) is 0 Å². The summed E-state index contributed by atoms with van der Waals surface area (Å²) in [6.07, 6.45) is -1.04. The number of ether oxygens (including phenoxy) is 1. The van der Waals surface area contributed by atoms with Crippen molar-refractivity contribution in [2.45, 2.75) is 12.7 Å². The van der Waals surface area contributed by atoms with Crippen molar-refractivity contribution >= 4 is 11.6 Å². The Kier molecular flexibility index (Phi) is 2.23. The number of benzene rings is 1. The zero-order valence-electron chi connectivity index (χ0n) is 7.78. The Balaban J connectivity index is 2.44. The number of nitrogens with one attached hydrogen (secondary N) is 1. The van der Waals surface area contributed by atoms with Gasteiger partial charge in [-0.1, -0.05) is 18.2 Å². The molecule has 1 amide bonds. The van der Waals surface area contributed by atoms with E-state index in [-0.39, 0.29) is 5.91 Å². The Labute approximate surface area is 81.5 Å². The molecule has 0 bridgehead atoms. The number of carbonyl (C=O) groups excluding carboxylic acids is 1. The quantitative estimate of drug-likeness (QED) is 0.731. The molecule has 0 saturated heterocycles. The second-order valence-corrected chi connectivity index (χ2v) is 3.21. The largest absolute Gasteiger partial charge is 0.380 e. The maximum Gasteiger partial charge on any atom is 0.257 e. The van der Waals surface area contributed by atoms with Gasteiger partial charge in [0.05, 0.1) is 12.3 Å². The summed E-state index contributed by atoms with van der Waals surface area (Å²) in [5.74, 6) is -0.372. The number of aliphatic hydroxyl groups is 1. The molecule has 1 unspecified atom stereocenters. The molecule has 0 radical (unpaired) electrons. The highest BCUT2D eigenvalue weighted by atomic mass is 16.5. The van der Waals surface area contributed by atoms with E-state index < -0.39 is 6.10 Å². The molecular weight excluding hydrogens is 182 g/mol. The molecule has 0 spiro atoms. The molecule has 0 saturated carbocycles. The summed E-state index contributed by atoms with van der Waals surface area (Å²) >= 11 is 0. The monoisotopic (exact) mass is 193 g/mol. The third-order valence-corrected chi connectivity index (χ3v) is 2.27. The van der Waals surface area contributed by atoms with Gasteiger partial charge in [0, 0.05) is 18.2 Å². The highest BCUT2D eigenvalue weighted by Crippen LogP contribution is 2.33. The minimum Gasteiger partial charge on any atom is -0.380 e. The Morgan fingerprint density at radius 3 is 3.07 bits per heavy atom. The number of carbonyl (C=O) groups is 1. The summed E-state index contributed by atoms with van der Waals surface area (Å²) in [6, 6.07) is 5.40. The zero-order valence-corrected chi connectivity index (χ0v) is 7.78. The zero-order chi connectivity index (χ0) is 10.1. The molecular formula is C10H11NO3. The Bertz CT molecular complexity index is 376. The van der Waals surface area contributed by atoms with Crippen molar-refractivity contribution in [3.63, 3.8) is 0 Å². The molecule has 1 aliphatic heterocycles. The molecule has 1 aliphatic rings. The third kappa shape index (κ3) is 1.29. The first-order valence-electron chi connectivity index (χ1n) is 4.33. The van der Waals surface area contributed by atoms with Crippen LogP contribution in [-0.2, 0) is 16.1 Å². The number of hydrogen-bond donors (Lipinski definition) is 2. The Morgan fingerprint density at radius 1 is 1.57 bits per heavy atom. The van der Waals surface area contributed by atoms with Crippen molar-refractivity contribution < 1.29 is 14.6 Å². The van der Waals surface area contributed by atoms with Crippen LogP contribution in [0.5, 0.6) is 0 Å². The van der Waals surface area contributed by atoms with Crippen molar-refractivity contribution in [2.75, 3.05) is 12.4 Å². The Morgan fingerprint density at radius 2 is 2.36 bits per heavy atom. The van der Waals surface area contributed by atoms with Gasteiger partial charge < -0.3 is 15.2 Å². The van der Waals surface area contributed by atoms with Crippen molar-refractivity contribution in [2.24, 2.45) is 0 Å². The fraction of sp³-hybridized carbons (Fsp3) is 0.300. The fourth-order valence-corrected chi connectivity index (χ4v) is 1.61. The molecule has 1 heterocycles. The summed E-state index contributed by atoms with van der Waals surface area (Å²) < 4.78 is 4.99. The van der Waals surface area contributed by atoms with Crippen LogP contribution in [0.2, 0.25) is 0 Å². The second-order valence-electron chi connectivity index (χ2n) is 3.21. The van der Waals surface area contributed by atoms with Gasteiger partial charge in [-0.15, -0.1) is 0 Å². The predicted molar refractivity (Wildman–Crippen MR) is 50.7 cm³/mol. The molecule has 1 aromatic rings. The molecule has 2 rings (SSSR count). The topological polar surface area (TPSA) is 58.6 Å². The van der Waals surface area contributed by atoms with E-state index >= 15 is 0 Å². The number of fused-ring (bicyclic) bond motifs is 1. The molecule has 0 fully saturated rings. The number of rotatable bonds is 2. The van der Waals surface area contributed by atoms with Crippen molar-refractivity contribution in [3.05, 3.63) is 29.3 Å². The highest BCUT2D eigenvalue weighted by Gasteiger charge is 2.29. The number of anilines is 1. The lowest BCUT2D eigenvalue weighted by molar-refractivity contribution is -0.123. The minimum atomic E-state index is -1.04. The van der Waals surface area contributed by atoms with E-state index in [9.17, 15) is 9.90 Å². The predicted octanol–water partition coefficient (Wildman–Crippen LogP) is 0.819. The summed E-state index contributed by atoms with van der Waals surface area (Å²) in [5, 5.41) is 12.1. The van der Waals surface area contributed by atoms with E-state index in [0.717, 1.165) is 5.56 Å². The van der Waals surface area contributed by atoms with Crippen LogP contribution < -0.4 is 5.32 Å². The van der Waals surface area contributed by atoms with E-state index in [2.05, 4.69) is 5.32 Å². The lowest BCUT2D eigenvalue weighted by Crippen LogP contribution is -2.10. The van der Waals surface area contributed by atoms with Gasteiger partial charge in [0.1, 0.15) is 0 Å². The van der Waals surface area contributed by atoms with Gasteiger partial charge in [-0.25, -0.2) is 0 Å². The first-order chi connectivity index (χ1) is 6.74. The van der Waals surface area contributed by atoms with E-state index in [1.54, 1.807) is 19.2 Å². The van der Waals surface area contributed by atoms with Crippen LogP contribution in [0.15, 0.2) is 18.2 Å². The van der Waals surface area contributed by atoms with Gasteiger partial charge >= 0.3 is 0 Å². The van der Waals surface area contributed by atoms with Crippen LogP contribution >= 0.6 is 0 Å². The van der Waals surface area contributed by atoms with Crippen LogP contribution in [0.3, 0.4) is 0 Å². The van der Waals surface area contributed by atoms with Crippen molar-refractivity contribution in [1.29, 1.82) is 0 Å². The van der Waals surface area contributed by atoms with Crippen LogP contribution in [-0.4, -0.2) is 18.1 Å². The molecule has 1 aromatic carbocycles. The minimum absolute atomic E-state index is 0.372. The van der Waals surface area contributed by atoms with Gasteiger partial charge in [-0.2, -0.15) is 0 Å². The summed E-state index contributed by atoms with van der Waals surface area (Å²) in [6.45, 7) is 0.427. The van der Waals surface area contributed by atoms with Crippen LogP contribution in [0.4, 0.5) is 5.69 Å². The normalized spacial score (nSPS) is 19.3. The molecule has 14 heavy (non-hydrogen) atoms. The first kappa shape index (κ1) is 9.18. The lowest BCUT2D eigenvalue weighted by Gasteiger charge is -2.06. The molecule has 74 valence electrons. The second kappa shape index (κ2) is 3.40. The van der Waals surface area contributed by atoms with E-state index in [0.29, 0.717) is 17.9 Å². The molecule has 2 N–H and O–H groups in total. The molecule has 0 aromatic heterocycles. The Hall–Kier alpha value is -1.39. The third-order valence-electron chi connectivity index (χ3n) is 2.27. The number of hydrogen-bond acceptors (Lipinski definition) is 3. The van der Waals surface area contributed by atoms with Crippen molar-refractivity contribution in [1.82, 2.24) is 0 Å². The standard InChI is InChI=1S/C10H11NO3/c1-14-5-6-3-2-4-7-8(6)11-10(13)9(7)12/h2-4,9,12H,5H2,1H3,(H,11,13). The average molecular weight is 193 g/mol. The molecule has 1 atom stereocenters. The maximum atomic E-state index is 11.2. The van der Waals surface area contributed by atoms with E-state index in [1.807, 2.05) is 6.07 Å². The number of aliphatic hydroxyl groups excluding tert-OH is 1. The number of amides is 1. The number of para-hydroxylation sites is 1. The molecule has 4 nitrogen and oxygen atoms in total. The first-order valence-corrected chi connectivity index (χ1v) is 4.33. The van der Waals surface area contributed by atoms with Crippen LogP contribution in [0.25, 0.3) is 0 Å². The van der Waals surface area contributed by atoms with Crippen LogP contribution in [0.1, 0.15) is 17.2 Å². The maximum absolute atomic E-state index is 11.2. The molecule has 0 aliphatic carbocycles. The van der Waals surface area contributed by atoms with Gasteiger partial charge in [-0.05, 0) is 0 Å². The molecule has 4 heteroatoms. The van der Waals surface area contributed by atoms with Crippen molar-refractivity contribution in [3.8, 4) is 0 Å². The summed E-state index contributed by atoms with van der Waals surface area (Å²) in [5.41, 5.74) is 2.20.